The van der Waals surface area contributed by atoms with Crippen molar-refractivity contribution in [1.29, 1.82) is 0 Å². The molecule has 0 aromatic carbocycles. The molecule has 0 bridgehead atoms. The summed E-state index contributed by atoms with van der Waals surface area (Å²) in [5.74, 6) is 1.64. The minimum atomic E-state index is 0.686. The van der Waals surface area contributed by atoms with Crippen molar-refractivity contribution in [3.05, 3.63) is 16.4 Å². The largest absolute Gasteiger partial charge is 0.316 e. The average Bonchev–Trinajstić information content (AvgIpc) is 2.99. The number of nitrogens with one attached hydrogen (secondary N) is 1. The fourth-order valence-electron chi connectivity index (χ4n) is 3.90. The van der Waals surface area contributed by atoms with E-state index in [4.69, 9.17) is 11.6 Å². The molecular weight excluding hydrogens is 260 g/mol. The van der Waals surface area contributed by atoms with Crippen LogP contribution in [-0.4, -0.2) is 40.4 Å². The summed E-state index contributed by atoms with van der Waals surface area (Å²) in [5.41, 5.74) is 2.10. The van der Waals surface area contributed by atoms with Crippen molar-refractivity contribution in [2.45, 2.75) is 32.9 Å². The normalized spacial score (nSPS) is 31.1. The topological polar surface area (TPSA) is 33.1 Å². The second kappa shape index (κ2) is 5.08. The van der Waals surface area contributed by atoms with Crippen molar-refractivity contribution in [2.24, 2.45) is 18.9 Å². The van der Waals surface area contributed by atoms with Crippen LogP contribution in [0, 0.1) is 18.8 Å². The first-order valence-electron chi connectivity index (χ1n) is 7.24. The van der Waals surface area contributed by atoms with E-state index in [-0.39, 0.29) is 0 Å². The maximum atomic E-state index is 6.38. The molecule has 0 aliphatic carbocycles. The third kappa shape index (κ3) is 2.20. The number of aryl methyl sites for hydroxylation is 2. The summed E-state index contributed by atoms with van der Waals surface area (Å²) in [6, 6.07) is 0.686. The number of halogens is 1. The lowest BCUT2D eigenvalue weighted by atomic mass is 9.93. The first kappa shape index (κ1) is 13.4. The van der Waals surface area contributed by atoms with Gasteiger partial charge < -0.3 is 5.32 Å². The molecule has 3 unspecified atom stereocenters. The van der Waals surface area contributed by atoms with Crippen LogP contribution in [0.4, 0.5) is 0 Å². The summed E-state index contributed by atoms with van der Waals surface area (Å²) >= 11 is 6.38. The molecule has 19 heavy (non-hydrogen) atoms. The fourth-order valence-corrected chi connectivity index (χ4v) is 4.12. The van der Waals surface area contributed by atoms with Gasteiger partial charge in [0.05, 0.1) is 16.4 Å². The lowest BCUT2D eigenvalue weighted by Gasteiger charge is -2.26. The molecule has 3 heterocycles. The molecule has 0 amide bonds. The summed E-state index contributed by atoms with van der Waals surface area (Å²) in [4.78, 5) is 2.61. The molecule has 2 saturated heterocycles. The van der Waals surface area contributed by atoms with E-state index in [1.165, 1.54) is 26.1 Å². The van der Waals surface area contributed by atoms with Gasteiger partial charge in [-0.1, -0.05) is 18.5 Å². The Morgan fingerprint density at radius 2 is 2.21 bits per heavy atom. The van der Waals surface area contributed by atoms with Gasteiger partial charge in [0.1, 0.15) is 0 Å². The lowest BCUT2D eigenvalue weighted by molar-refractivity contribution is 0.205. The minimum absolute atomic E-state index is 0.686. The van der Waals surface area contributed by atoms with E-state index in [1.54, 1.807) is 0 Å². The van der Waals surface area contributed by atoms with Crippen LogP contribution in [0.5, 0.6) is 0 Å². The monoisotopic (exact) mass is 282 g/mol. The zero-order chi connectivity index (χ0) is 13.6. The molecule has 2 fully saturated rings. The highest BCUT2D eigenvalue weighted by Gasteiger charge is 2.43. The molecular formula is C14H23ClN4. The van der Waals surface area contributed by atoms with Crippen molar-refractivity contribution in [3.63, 3.8) is 0 Å². The summed E-state index contributed by atoms with van der Waals surface area (Å²) in [5, 5.41) is 8.79. The Kier molecular flexibility index (Phi) is 3.58. The van der Waals surface area contributed by atoms with Gasteiger partial charge in [-0.3, -0.25) is 9.58 Å². The maximum absolute atomic E-state index is 6.38. The van der Waals surface area contributed by atoms with E-state index in [9.17, 15) is 0 Å². The van der Waals surface area contributed by atoms with Gasteiger partial charge in [-0.15, -0.1) is 0 Å². The number of hydrogen-bond donors (Lipinski definition) is 1. The Bertz CT molecular complexity index is 470. The highest BCUT2D eigenvalue weighted by molar-refractivity contribution is 6.31. The molecule has 3 atom stereocenters. The molecule has 106 valence electrons. The summed E-state index contributed by atoms with van der Waals surface area (Å²) < 4.78 is 1.94. The Balaban J connectivity index is 1.79. The smallest absolute Gasteiger partial charge is 0.0860 e. The van der Waals surface area contributed by atoms with Gasteiger partial charge >= 0.3 is 0 Å². The van der Waals surface area contributed by atoms with Crippen molar-refractivity contribution in [1.82, 2.24) is 20.0 Å². The van der Waals surface area contributed by atoms with Crippen LogP contribution in [0.25, 0.3) is 0 Å². The lowest BCUT2D eigenvalue weighted by Crippen LogP contribution is -2.35. The molecule has 3 rings (SSSR count). The average molecular weight is 283 g/mol. The standard InChI is InChI=1S/C14H23ClN4/c1-4-12-11-6-16-5-10(11)7-19(12)8-13-14(15)9(2)17-18(13)3/h10-12,16H,4-8H2,1-3H3. The third-order valence-electron chi connectivity index (χ3n) is 4.86. The van der Waals surface area contributed by atoms with Crippen molar-refractivity contribution in [2.75, 3.05) is 19.6 Å². The van der Waals surface area contributed by atoms with E-state index in [1.807, 2.05) is 18.7 Å². The molecule has 0 saturated carbocycles. The molecule has 1 N–H and O–H groups in total. The van der Waals surface area contributed by atoms with Gasteiger partial charge in [0.2, 0.25) is 0 Å². The number of hydrogen-bond acceptors (Lipinski definition) is 3. The zero-order valence-corrected chi connectivity index (χ0v) is 12.7. The summed E-state index contributed by atoms with van der Waals surface area (Å²) in [7, 11) is 1.99. The summed E-state index contributed by atoms with van der Waals surface area (Å²) in [6.45, 7) is 8.76. The van der Waals surface area contributed by atoms with Gasteiger partial charge in [-0.05, 0) is 38.3 Å². The first-order chi connectivity index (χ1) is 9.11. The van der Waals surface area contributed by atoms with Crippen LogP contribution < -0.4 is 5.32 Å². The van der Waals surface area contributed by atoms with E-state index in [0.29, 0.717) is 6.04 Å². The molecule has 5 heteroatoms. The van der Waals surface area contributed by atoms with Crippen LogP contribution in [0.3, 0.4) is 0 Å². The van der Waals surface area contributed by atoms with Gasteiger partial charge in [-0.2, -0.15) is 5.10 Å². The molecule has 2 aliphatic rings. The molecule has 0 spiro atoms. The molecule has 1 aromatic rings. The summed E-state index contributed by atoms with van der Waals surface area (Å²) in [6.07, 6.45) is 1.22. The predicted octanol–water partition coefficient (Wildman–Crippen LogP) is 1.81. The first-order valence-corrected chi connectivity index (χ1v) is 7.62. The SMILES string of the molecule is CCC1C2CNCC2CN1Cc1c(Cl)c(C)nn1C. The Hall–Kier alpha value is -0.580. The Morgan fingerprint density at radius 1 is 1.42 bits per heavy atom. The minimum Gasteiger partial charge on any atom is -0.316 e. The quantitative estimate of drug-likeness (QED) is 0.918. The fraction of sp³-hybridized carbons (Fsp3) is 0.786. The highest BCUT2D eigenvalue weighted by Crippen LogP contribution is 2.36. The number of aromatic nitrogens is 2. The van der Waals surface area contributed by atoms with Crippen LogP contribution in [0.15, 0.2) is 0 Å². The van der Waals surface area contributed by atoms with Gasteiger partial charge in [0, 0.05) is 26.2 Å². The van der Waals surface area contributed by atoms with E-state index >= 15 is 0 Å². The van der Waals surface area contributed by atoms with E-state index in [2.05, 4.69) is 22.2 Å². The van der Waals surface area contributed by atoms with Crippen LogP contribution in [-0.2, 0) is 13.6 Å². The van der Waals surface area contributed by atoms with Crippen LogP contribution >= 0.6 is 11.6 Å². The van der Waals surface area contributed by atoms with Gasteiger partial charge in [0.25, 0.3) is 0 Å². The number of fused-ring (bicyclic) bond motifs is 1. The zero-order valence-electron chi connectivity index (χ0n) is 12.0. The Labute approximate surface area is 120 Å². The third-order valence-corrected chi connectivity index (χ3v) is 5.35. The number of nitrogens with zero attached hydrogens (tertiary/aromatic N) is 3. The number of likely N-dealkylation sites (tertiary alicyclic amines) is 1. The van der Waals surface area contributed by atoms with E-state index < -0.39 is 0 Å². The van der Waals surface area contributed by atoms with Crippen LogP contribution in [0.1, 0.15) is 24.7 Å². The second-order valence-electron chi connectivity index (χ2n) is 5.96. The molecule has 0 radical (unpaired) electrons. The van der Waals surface area contributed by atoms with Gasteiger partial charge in [0.15, 0.2) is 0 Å². The second-order valence-corrected chi connectivity index (χ2v) is 6.33. The van der Waals surface area contributed by atoms with Crippen molar-refractivity contribution >= 4 is 11.6 Å². The van der Waals surface area contributed by atoms with E-state index in [0.717, 1.165) is 34.8 Å². The molecule has 2 aliphatic heterocycles. The van der Waals surface area contributed by atoms with Gasteiger partial charge in [-0.25, -0.2) is 0 Å². The maximum Gasteiger partial charge on any atom is 0.0860 e. The van der Waals surface area contributed by atoms with Crippen molar-refractivity contribution < 1.29 is 0 Å². The molecule has 1 aromatic heterocycles. The molecule has 4 nitrogen and oxygen atoms in total. The Morgan fingerprint density at radius 3 is 2.84 bits per heavy atom. The van der Waals surface area contributed by atoms with Crippen molar-refractivity contribution in [3.8, 4) is 0 Å². The highest BCUT2D eigenvalue weighted by atomic mass is 35.5. The predicted molar refractivity (Wildman–Crippen MR) is 77.3 cm³/mol. The number of rotatable bonds is 3. The van der Waals surface area contributed by atoms with Crippen LogP contribution in [0.2, 0.25) is 5.02 Å².